The molecular formula is C39H72P+. The number of benzene rings is 1. The zero-order valence-electron chi connectivity index (χ0n) is 27.6. The average Bonchev–Trinajstić information content (AvgIpc) is 2.97. The van der Waals surface area contributed by atoms with E-state index in [0.717, 1.165) is 0 Å². The van der Waals surface area contributed by atoms with Crippen molar-refractivity contribution in [2.75, 3.05) is 18.5 Å². The van der Waals surface area contributed by atoms with Gasteiger partial charge < -0.3 is 0 Å². The van der Waals surface area contributed by atoms with Crippen molar-refractivity contribution in [2.45, 2.75) is 181 Å². The lowest BCUT2D eigenvalue weighted by Crippen LogP contribution is -2.12. The Morgan fingerprint density at radius 1 is 0.475 bits per heavy atom. The largest absolute Gasteiger partial charge is 0.103 e. The lowest BCUT2D eigenvalue weighted by atomic mass is 10.1. The molecule has 0 fully saturated rings. The van der Waals surface area contributed by atoms with Crippen LogP contribution in [0.15, 0.2) is 43.0 Å². The minimum atomic E-state index is -0.934. The van der Waals surface area contributed by atoms with Crippen LogP contribution in [0.1, 0.15) is 180 Å². The molecule has 0 bridgehead atoms. The molecule has 0 N–H and O–H groups in total. The summed E-state index contributed by atoms with van der Waals surface area (Å²) in [4.78, 5) is 0. The topological polar surface area (TPSA) is 0 Å². The van der Waals surface area contributed by atoms with Crippen LogP contribution in [0.4, 0.5) is 0 Å². The van der Waals surface area contributed by atoms with E-state index in [1.54, 1.807) is 24.0 Å². The zero-order valence-corrected chi connectivity index (χ0v) is 28.5. The highest BCUT2D eigenvalue weighted by Crippen LogP contribution is 2.63. The molecule has 1 aromatic rings. The minimum absolute atomic E-state index is 0.934. The average molecular weight is 572 g/mol. The number of hydrogen-bond acceptors (Lipinski definition) is 0. The van der Waals surface area contributed by atoms with Gasteiger partial charge in [0.05, 0.1) is 24.6 Å². The Morgan fingerprint density at radius 3 is 1.20 bits per heavy atom. The normalized spacial score (nSPS) is 11.8. The Bertz CT molecular complexity index is 615. The molecule has 0 nitrogen and oxygen atoms in total. The first-order valence-electron chi connectivity index (χ1n) is 18.3. The molecule has 0 radical (unpaired) electrons. The molecule has 0 unspecified atom stereocenters. The molecule has 0 spiro atoms. The van der Waals surface area contributed by atoms with Gasteiger partial charge in [0, 0.05) is 7.26 Å². The highest BCUT2D eigenvalue weighted by Gasteiger charge is 2.35. The van der Waals surface area contributed by atoms with Gasteiger partial charge in [0.25, 0.3) is 0 Å². The van der Waals surface area contributed by atoms with E-state index in [1.165, 1.54) is 167 Å². The smallest absolute Gasteiger partial charge is 0.0842 e. The van der Waals surface area contributed by atoms with Crippen LogP contribution in [0.3, 0.4) is 0 Å². The molecule has 0 aliphatic carbocycles. The Morgan fingerprint density at radius 2 is 0.825 bits per heavy atom. The molecule has 0 saturated heterocycles. The molecular weight excluding hydrogens is 499 g/mol. The van der Waals surface area contributed by atoms with E-state index in [9.17, 15) is 0 Å². The van der Waals surface area contributed by atoms with Crippen molar-refractivity contribution in [3.63, 3.8) is 0 Å². The van der Waals surface area contributed by atoms with Gasteiger partial charge in [0.15, 0.2) is 0 Å². The molecule has 1 aromatic carbocycles. The first kappa shape index (κ1) is 37.4. The second kappa shape index (κ2) is 28.5. The summed E-state index contributed by atoms with van der Waals surface area (Å²) in [5, 5.41) is 0. The van der Waals surface area contributed by atoms with Gasteiger partial charge in [0.2, 0.25) is 0 Å². The number of allylic oxidation sites excluding steroid dienone is 1. The SMILES string of the molecule is C=CCCCCCCCCCC[P+](CCCCCCCCCC)(CCCCCCCCCC)Cc1ccccc1. The quantitative estimate of drug-likeness (QED) is 0.0472. The van der Waals surface area contributed by atoms with Gasteiger partial charge in [-0.1, -0.05) is 159 Å². The second-order valence-electron chi connectivity index (χ2n) is 13.0. The molecule has 1 heteroatoms. The van der Waals surface area contributed by atoms with Crippen LogP contribution in [-0.4, -0.2) is 18.5 Å². The lowest BCUT2D eigenvalue weighted by Gasteiger charge is -2.28. The van der Waals surface area contributed by atoms with Crippen molar-refractivity contribution in [3.8, 4) is 0 Å². The maximum atomic E-state index is 3.86. The summed E-state index contributed by atoms with van der Waals surface area (Å²) in [6.45, 7) is 8.51. The van der Waals surface area contributed by atoms with E-state index in [1.807, 2.05) is 0 Å². The molecule has 0 aliphatic heterocycles. The Kier molecular flexibility index (Phi) is 26.7. The molecule has 0 aromatic heterocycles. The third-order valence-electron chi connectivity index (χ3n) is 9.12. The van der Waals surface area contributed by atoms with Crippen LogP contribution < -0.4 is 0 Å². The molecule has 0 amide bonds. The first-order valence-corrected chi connectivity index (χ1v) is 20.8. The summed E-state index contributed by atoms with van der Waals surface area (Å²) in [7, 11) is -0.934. The number of rotatable bonds is 31. The lowest BCUT2D eigenvalue weighted by molar-refractivity contribution is 0.576. The molecule has 0 saturated carbocycles. The molecule has 0 atom stereocenters. The van der Waals surface area contributed by atoms with Crippen LogP contribution in [-0.2, 0) is 6.16 Å². The molecule has 0 heterocycles. The highest BCUT2D eigenvalue weighted by molar-refractivity contribution is 7.75. The van der Waals surface area contributed by atoms with Gasteiger partial charge in [-0.15, -0.1) is 6.58 Å². The van der Waals surface area contributed by atoms with E-state index in [0.29, 0.717) is 0 Å². The third kappa shape index (κ3) is 22.0. The van der Waals surface area contributed by atoms with Crippen LogP contribution in [0.2, 0.25) is 0 Å². The molecule has 40 heavy (non-hydrogen) atoms. The number of unbranched alkanes of at least 4 members (excludes halogenated alkanes) is 22. The summed E-state index contributed by atoms with van der Waals surface area (Å²) >= 11 is 0. The Balaban J connectivity index is 2.61. The fraction of sp³-hybridized carbons (Fsp3) is 0.795. The molecule has 1 rings (SSSR count). The van der Waals surface area contributed by atoms with Crippen molar-refractivity contribution >= 4 is 7.26 Å². The maximum absolute atomic E-state index is 3.86. The first-order chi connectivity index (χ1) is 19.8. The van der Waals surface area contributed by atoms with E-state index >= 15 is 0 Å². The van der Waals surface area contributed by atoms with Crippen molar-refractivity contribution in [2.24, 2.45) is 0 Å². The van der Waals surface area contributed by atoms with Crippen molar-refractivity contribution in [3.05, 3.63) is 48.6 Å². The number of hydrogen-bond donors (Lipinski definition) is 0. The van der Waals surface area contributed by atoms with Crippen LogP contribution in [0, 0.1) is 0 Å². The summed E-state index contributed by atoms with van der Waals surface area (Å²) in [5.41, 5.74) is 1.63. The van der Waals surface area contributed by atoms with Gasteiger partial charge in [-0.05, 0) is 56.9 Å². The van der Waals surface area contributed by atoms with Gasteiger partial charge in [-0.3, -0.25) is 0 Å². The Hall–Kier alpha value is -0.610. The maximum Gasteiger partial charge on any atom is 0.0842 e. The van der Waals surface area contributed by atoms with Crippen LogP contribution >= 0.6 is 7.26 Å². The zero-order chi connectivity index (χ0) is 28.8. The minimum Gasteiger partial charge on any atom is -0.103 e. The monoisotopic (exact) mass is 572 g/mol. The Labute approximate surface area is 254 Å². The molecule has 0 aliphatic rings. The standard InChI is InChI=1S/C39H72P/c1-4-7-10-13-16-19-20-23-26-32-37-40(38-39-33-28-27-29-34-39,35-30-24-21-17-14-11-8-5-2)36-31-25-22-18-15-12-9-6-3/h4,27-29,33-34H,1,5-26,30-32,35-38H2,2-3H3/q+1. The third-order valence-corrected chi connectivity index (χ3v) is 14.0. The molecule has 232 valence electrons. The van der Waals surface area contributed by atoms with Gasteiger partial charge in [-0.2, -0.15) is 0 Å². The predicted molar refractivity (Wildman–Crippen MR) is 189 cm³/mol. The van der Waals surface area contributed by atoms with E-state index < -0.39 is 7.26 Å². The predicted octanol–water partition coefficient (Wildman–Crippen LogP) is 14.2. The van der Waals surface area contributed by atoms with Crippen molar-refractivity contribution in [1.29, 1.82) is 0 Å². The van der Waals surface area contributed by atoms with E-state index in [-0.39, 0.29) is 0 Å². The van der Waals surface area contributed by atoms with E-state index in [2.05, 4.69) is 56.8 Å². The highest BCUT2D eigenvalue weighted by atomic mass is 31.2. The van der Waals surface area contributed by atoms with E-state index in [4.69, 9.17) is 0 Å². The van der Waals surface area contributed by atoms with Crippen molar-refractivity contribution < 1.29 is 0 Å². The summed E-state index contributed by atoms with van der Waals surface area (Å²) in [6, 6.07) is 11.6. The van der Waals surface area contributed by atoms with Gasteiger partial charge >= 0.3 is 0 Å². The summed E-state index contributed by atoms with van der Waals surface area (Å²) in [5.74, 6) is 0. The summed E-state index contributed by atoms with van der Waals surface area (Å²) in [6.07, 6.45) is 44.1. The fourth-order valence-electron chi connectivity index (χ4n) is 6.50. The fourth-order valence-corrected chi connectivity index (χ4v) is 11.3. The van der Waals surface area contributed by atoms with Crippen LogP contribution in [0.25, 0.3) is 0 Å². The second-order valence-corrected chi connectivity index (χ2v) is 17.4. The van der Waals surface area contributed by atoms with Gasteiger partial charge in [0.1, 0.15) is 0 Å². The summed E-state index contributed by atoms with van der Waals surface area (Å²) < 4.78 is 0. The van der Waals surface area contributed by atoms with Gasteiger partial charge in [-0.25, -0.2) is 0 Å². The van der Waals surface area contributed by atoms with Crippen molar-refractivity contribution in [1.82, 2.24) is 0 Å². The van der Waals surface area contributed by atoms with Crippen LogP contribution in [0.5, 0.6) is 0 Å².